The van der Waals surface area contributed by atoms with Crippen molar-refractivity contribution in [1.29, 1.82) is 0 Å². The largest absolute Gasteiger partial charge is 0.299 e. The lowest BCUT2D eigenvalue weighted by atomic mass is 10.4. The van der Waals surface area contributed by atoms with Gasteiger partial charge in [0, 0.05) is 12.1 Å². The fourth-order valence-corrected chi connectivity index (χ4v) is 2.54. The van der Waals surface area contributed by atoms with Gasteiger partial charge in [0.2, 0.25) is 6.54 Å². The molecule has 0 radical (unpaired) electrons. The third kappa shape index (κ3) is 3.62. The molecule has 0 aliphatic rings. The van der Waals surface area contributed by atoms with E-state index in [1.165, 1.54) is 12.1 Å². The molecule has 0 aliphatic heterocycles. The maximum Gasteiger partial charge on any atom is 0.299 e. The Labute approximate surface area is 111 Å². The minimum Gasteiger partial charge on any atom is -0.267 e. The second-order valence-corrected chi connectivity index (χ2v) is 5.57. The fourth-order valence-electron chi connectivity index (χ4n) is 1.55. The Morgan fingerprint density at radius 2 is 1.58 bits per heavy atom. The van der Waals surface area contributed by atoms with Crippen molar-refractivity contribution in [2.75, 3.05) is 0 Å². The quantitative estimate of drug-likeness (QED) is 0.827. The van der Waals surface area contributed by atoms with Crippen molar-refractivity contribution >= 4 is 15.9 Å². The second-order valence-electron chi connectivity index (χ2n) is 3.89. The summed E-state index contributed by atoms with van der Waals surface area (Å²) in [7, 11) is -3.79. The Morgan fingerprint density at radius 1 is 1.00 bits per heavy atom. The lowest BCUT2D eigenvalue weighted by molar-refractivity contribution is -0.684. The number of carbonyl (C=O) groups is 1. The van der Waals surface area contributed by atoms with Gasteiger partial charge in [-0.15, -0.1) is 0 Å². The number of nitrogens with zero attached hydrogens (tertiary/aromatic N) is 1. The van der Waals surface area contributed by atoms with Crippen LogP contribution in [0.3, 0.4) is 0 Å². The van der Waals surface area contributed by atoms with Gasteiger partial charge >= 0.3 is 0 Å². The van der Waals surface area contributed by atoms with Gasteiger partial charge < -0.3 is 0 Å². The predicted octanol–water partition coefficient (Wildman–Crippen LogP) is 0.479. The topological polar surface area (TPSA) is 67.1 Å². The minimum atomic E-state index is -3.79. The molecular formula is C13H13N2O3S+. The molecule has 1 heterocycles. The minimum absolute atomic E-state index is 0.0487. The number of aromatic nitrogens is 1. The summed E-state index contributed by atoms with van der Waals surface area (Å²) in [5.74, 6) is -0.583. The smallest absolute Gasteiger partial charge is 0.267 e. The van der Waals surface area contributed by atoms with Gasteiger partial charge in [0.25, 0.3) is 15.9 Å². The van der Waals surface area contributed by atoms with Crippen LogP contribution in [0.25, 0.3) is 0 Å². The molecule has 1 N–H and O–H groups in total. The standard InChI is InChI=1S/C13H12N2O3S/c16-13(11-15-9-5-2-6-10-15)14-19(17,18)12-7-3-1-4-8-12/h1-10H,11H2/p+1. The van der Waals surface area contributed by atoms with E-state index in [-0.39, 0.29) is 11.4 Å². The van der Waals surface area contributed by atoms with Crippen LogP contribution in [0, 0.1) is 0 Å². The molecule has 0 unspecified atom stereocenters. The highest BCUT2D eigenvalue weighted by Crippen LogP contribution is 2.06. The number of benzene rings is 1. The number of hydrogen-bond acceptors (Lipinski definition) is 3. The molecule has 1 aromatic carbocycles. The first-order chi connectivity index (χ1) is 9.08. The van der Waals surface area contributed by atoms with Crippen molar-refractivity contribution in [2.45, 2.75) is 11.4 Å². The predicted molar refractivity (Wildman–Crippen MR) is 68.4 cm³/mol. The number of pyridine rings is 1. The summed E-state index contributed by atoms with van der Waals surface area (Å²) in [4.78, 5) is 11.8. The van der Waals surface area contributed by atoms with Crippen molar-refractivity contribution in [3.8, 4) is 0 Å². The van der Waals surface area contributed by atoms with Crippen LogP contribution in [0.15, 0.2) is 65.8 Å². The van der Waals surface area contributed by atoms with Gasteiger partial charge in [-0.25, -0.2) is 13.1 Å². The molecule has 0 bridgehead atoms. The Hall–Kier alpha value is -2.21. The third-order valence-electron chi connectivity index (χ3n) is 2.41. The molecule has 19 heavy (non-hydrogen) atoms. The molecule has 0 saturated heterocycles. The Kier molecular flexibility index (Phi) is 3.91. The van der Waals surface area contributed by atoms with E-state index in [9.17, 15) is 13.2 Å². The van der Waals surface area contributed by atoms with Crippen LogP contribution in [-0.4, -0.2) is 14.3 Å². The van der Waals surface area contributed by atoms with Crippen molar-refractivity contribution in [3.63, 3.8) is 0 Å². The van der Waals surface area contributed by atoms with Gasteiger partial charge in [0.05, 0.1) is 4.90 Å². The molecule has 2 rings (SSSR count). The van der Waals surface area contributed by atoms with Crippen molar-refractivity contribution in [3.05, 3.63) is 60.9 Å². The number of sulfonamides is 1. The van der Waals surface area contributed by atoms with Crippen molar-refractivity contribution < 1.29 is 17.8 Å². The first-order valence-corrected chi connectivity index (χ1v) is 7.11. The van der Waals surface area contributed by atoms with Crippen molar-refractivity contribution in [2.24, 2.45) is 0 Å². The highest BCUT2D eigenvalue weighted by atomic mass is 32.2. The van der Waals surface area contributed by atoms with E-state index in [0.29, 0.717) is 0 Å². The molecule has 0 spiro atoms. The average Bonchev–Trinajstić information content (AvgIpc) is 2.40. The van der Waals surface area contributed by atoms with E-state index in [1.807, 2.05) is 10.8 Å². The fraction of sp³-hybridized carbons (Fsp3) is 0.0769. The molecule has 1 aromatic heterocycles. The summed E-state index contributed by atoms with van der Waals surface area (Å²) in [6.07, 6.45) is 3.38. The Morgan fingerprint density at radius 3 is 2.21 bits per heavy atom. The maximum atomic E-state index is 11.9. The average molecular weight is 277 g/mol. The number of nitrogens with one attached hydrogen (secondary N) is 1. The Balaban J connectivity index is 2.07. The van der Waals surface area contributed by atoms with Gasteiger partial charge in [0.15, 0.2) is 12.4 Å². The van der Waals surface area contributed by atoms with Gasteiger partial charge in [-0.05, 0) is 12.1 Å². The first kappa shape index (κ1) is 13.2. The number of hydrogen-bond donors (Lipinski definition) is 1. The summed E-state index contributed by atoms with van der Waals surface area (Å²) in [5, 5.41) is 0. The zero-order valence-corrected chi connectivity index (χ0v) is 10.9. The van der Waals surface area contributed by atoms with Gasteiger partial charge in [-0.2, -0.15) is 4.57 Å². The van der Waals surface area contributed by atoms with Gasteiger partial charge in [0.1, 0.15) is 0 Å². The van der Waals surface area contributed by atoms with Crippen LogP contribution in [-0.2, 0) is 21.4 Å². The van der Waals surface area contributed by atoms with Crippen LogP contribution in [0.2, 0.25) is 0 Å². The summed E-state index contributed by atoms with van der Waals surface area (Å²) in [6.45, 7) is -0.0487. The number of carbonyl (C=O) groups excluding carboxylic acids is 1. The summed E-state index contributed by atoms with van der Waals surface area (Å²) in [6, 6.07) is 13.1. The van der Waals surface area contributed by atoms with Crippen LogP contribution < -0.4 is 9.29 Å². The third-order valence-corrected chi connectivity index (χ3v) is 3.79. The monoisotopic (exact) mass is 277 g/mol. The number of rotatable bonds is 4. The molecular weight excluding hydrogens is 264 g/mol. The van der Waals surface area contributed by atoms with Crippen LogP contribution in [0.1, 0.15) is 0 Å². The highest BCUT2D eigenvalue weighted by molar-refractivity contribution is 7.90. The summed E-state index contributed by atoms with van der Waals surface area (Å²) < 4.78 is 27.4. The van der Waals surface area contributed by atoms with Crippen LogP contribution in [0.4, 0.5) is 0 Å². The van der Waals surface area contributed by atoms with E-state index < -0.39 is 15.9 Å². The van der Waals surface area contributed by atoms with E-state index in [2.05, 4.69) is 0 Å². The second kappa shape index (κ2) is 5.62. The van der Waals surface area contributed by atoms with E-state index in [0.717, 1.165) is 0 Å². The lowest BCUT2D eigenvalue weighted by Crippen LogP contribution is -2.44. The van der Waals surface area contributed by atoms with Gasteiger partial charge in [-0.1, -0.05) is 24.3 Å². The van der Waals surface area contributed by atoms with E-state index in [1.54, 1.807) is 47.3 Å². The lowest BCUT2D eigenvalue weighted by Gasteiger charge is -2.04. The molecule has 0 saturated carbocycles. The van der Waals surface area contributed by atoms with Gasteiger partial charge in [-0.3, -0.25) is 4.79 Å². The maximum absolute atomic E-state index is 11.9. The molecule has 0 fully saturated rings. The Bertz CT molecular complexity index is 655. The summed E-state index contributed by atoms with van der Waals surface area (Å²) in [5.41, 5.74) is 0. The molecule has 0 aliphatic carbocycles. The molecule has 2 aromatic rings. The molecule has 98 valence electrons. The first-order valence-electron chi connectivity index (χ1n) is 5.63. The normalized spacial score (nSPS) is 10.9. The zero-order valence-electron chi connectivity index (χ0n) is 10.1. The van der Waals surface area contributed by atoms with Crippen molar-refractivity contribution in [1.82, 2.24) is 4.72 Å². The molecule has 0 atom stereocenters. The molecule has 6 heteroatoms. The highest BCUT2D eigenvalue weighted by Gasteiger charge is 2.19. The number of amides is 1. The SMILES string of the molecule is O=C(C[n+]1ccccc1)NS(=O)(=O)c1ccccc1. The van der Waals surface area contributed by atoms with E-state index >= 15 is 0 Å². The molecule has 5 nitrogen and oxygen atoms in total. The van der Waals surface area contributed by atoms with Crippen LogP contribution in [0.5, 0.6) is 0 Å². The zero-order chi connectivity index (χ0) is 13.7. The van der Waals surface area contributed by atoms with E-state index in [4.69, 9.17) is 0 Å². The van der Waals surface area contributed by atoms with Crippen LogP contribution >= 0.6 is 0 Å². The molecule has 1 amide bonds. The summed E-state index contributed by atoms with van der Waals surface area (Å²) >= 11 is 0.